The molecule has 0 fully saturated rings. The normalized spacial score (nSPS) is 11.3. The molecule has 5 heteroatoms. The van der Waals surface area contributed by atoms with Crippen LogP contribution in [0, 0.1) is 23.0 Å². The molecule has 0 saturated carbocycles. The second kappa shape index (κ2) is 7.91. The van der Waals surface area contributed by atoms with E-state index in [1.807, 2.05) is 30.3 Å². The van der Waals surface area contributed by atoms with Crippen LogP contribution in [0.25, 0.3) is 28.1 Å². The second-order valence-corrected chi connectivity index (χ2v) is 6.38. The molecule has 4 aromatic rings. The third kappa shape index (κ3) is 3.83. The van der Waals surface area contributed by atoms with Crippen LogP contribution in [-0.2, 0) is 0 Å². The Labute approximate surface area is 166 Å². The van der Waals surface area contributed by atoms with Crippen LogP contribution in [0.3, 0.4) is 0 Å². The number of hydrogen-bond acceptors (Lipinski definition) is 2. The van der Waals surface area contributed by atoms with Crippen molar-refractivity contribution in [3.8, 4) is 28.6 Å². The van der Waals surface area contributed by atoms with Gasteiger partial charge in [0, 0.05) is 22.8 Å². The van der Waals surface area contributed by atoms with Crippen LogP contribution in [0.1, 0.15) is 11.4 Å². The van der Waals surface area contributed by atoms with Crippen molar-refractivity contribution in [2.75, 3.05) is 0 Å². The highest BCUT2D eigenvalue weighted by molar-refractivity contribution is 5.84. The maximum Gasteiger partial charge on any atom is 0.139 e. The second-order valence-electron chi connectivity index (χ2n) is 6.38. The summed E-state index contributed by atoms with van der Waals surface area (Å²) in [6.07, 6.45) is 1.43. The van der Waals surface area contributed by atoms with Gasteiger partial charge >= 0.3 is 0 Å². The first-order valence-corrected chi connectivity index (χ1v) is 8.93. The van der Waals surface area contributed by atoms with Gasteiger partial charge in [0.15, 0.2) is 0 Å². The van der Waals surface area contributed by atoms with Crippen molar-refractivity contribution in [3.05, 3.63) is 108 Å². The Kier molecular flexibility index (Phi) is 5.00. The molecule has 0 unspecified atom stereocenters. The number of rotatable bonds is 4. The molecule has 3 nitrogen and oxygen atoms in total. The summed E-state index contributed by atoms with van der Waals surface area (Å²) >= 11 is 0. The molecule has 1 heterocycles. The van der Waals surface area contributed by atoms with E-state index in [1.54, 1.807) is 24.3 Å². The molecule has 0 aliphatic rings. The number of nitriles is 1. The van der Waals surface area contributed by atoms with E-state index in [1.165, 1.54) is 30.3 Å². The lowest BCUT2D eigenvalue weighted by molar-refractivity contribution is 0.627. The van der Waals surface area contributed by atoms with E-state index in [4.69, 9.17) is 4.98 Å². The molecule has 1 aromatic heterocycles. The highest BCUT2D eigenvalue weighted by Crippen LogP contribution is 2.33. The van der Waals surface area contributed by atoms with E-state index < -0.39 is 0 Å². The van der Waals surface area contributed by atoms with Crippen LogP contribution in [0.2, 0.25) is 0 Å². The highest BCUT2D eigenvalue weighted by Gasteiger charge is 2.17. The summed E-state index contributed by atoms with van der Waals surface area (Å²) in [4.78, 5) is 7.98. The summed E-state index contributed by atoms with van der Waals surface area (Å²) < 4.78 is 26.8. The summed E-state index contributed by atoms with van der Waals surface area (Å²) in [5.41, 5.74) is 4.15. The predicted octanol–water partition coefficient (Wildman–Crippen LogP) is 5.98. The predicted molar refractivity (Wildman–Crippen MR) is 109 cm³/mol. The van der Waals surface area contributed by atoms with E-state index in [0.29, 0.717) is 28.3 Å². The van der Waals surface area contributed by atoms with E-state index in [-0.39, 0.29) is 11.6 Å². The topological polar surface area (TPSA) is 52.5 Å². The molecule has 0 aliphatic heterocycles. The maximum atomic E-state index is 13.4. The standard InChI is InChI=1S/C24H15F2N3/c25-19-10-6-17(7-11-19)22-23(18-8-12-20(26)13-9-18)29-24(28-22)21(14-15-27)16-4-2-1-3-5-16/h1-14H,(H,28,29)/b21-14-. The molecule has 0 amide bonds. The molecule has 0 atom stereocenters. The Bertz CT molecular complexity index is 1140. The zero-order valence-corrected chi connectivity index (χ0v) is 15.2. The number of imidazole rings is 1. The molecule has 4 rings (SSSR count). The molecule has 0 bridgehead atoms. The number of aromatic amines is 1. The largest absolute Gasteiger partial charge is 0.337 e. The van der Waals surface area contributed by atoms with Crippen molar-refractivity contribution in [2.24, 2.45) is 0 Å². The number of nitrogens with one attached hydrogen (secondary N) is 1. The van der Waals surface area contributed by atoms with Gasteiger partial charge in [-0.05, 0) is 54.1 Å². The van der Waals surface area contributed by atoms with Gasteiger partial charge in [0.1, 0.15) is 17.5 Å². The fourth-order valence-electron chi connectivity index (χ4n) is 3.11. The summed E-state index contributed by atoms with van der Waals surface area (Å²) in [6, 6.07) is 23.5. The van der Waals surface area contributed by atoms with Gasteiger partial charge in [0.05, 0.1) is 17.5 Å². The molecule has 0 aliphatic carbocycles. The van der Waals surface area contributed by atoms with Gasteiger partial charge in [-0.1, -0.05) is 30.3 Å². The van der Waals surface area contributed by atoms with Gasteiger partial charge in [-0.15, -0.1) is 0 Å². The summed E-state index contributed by atoms with van der Waals surface area (Å²) in [5.74, 6) is -0.190. The zero-order valence-electron chi connectivity index (χ0n) is 15.2. The van der Waals surface area contributed by atoms with Crippen LogP contribution in [-0.4, -0.2) is 9.97 Å². The molecule has 3 aromatic carbocycles. The molecule has 29 heavy (non-hydrogen) atoms. The lowest BCUT2D eigenvalue weighted by Crippen LogP contribution is -1.90. The summed E-state index contributed by atoms with van der Waals surface area (Å²) in [7, 11) is 0. The van der Waals surface area contributed by atoms with Crippen LogP contribution < -0.4 is 0 Å². The molecule has 140 valence electrons. The first-order valence-electron chi connectivity index (χ1n) is 8.93. The molecule has 0 radical (unpaired) electrons. The Balaban J connectivity index is 1.91. The average Bonchev–Trinajstić information content (AvgIpc) is 3.18. The Morgan fingerprint density at radius 2 is 1.41 bits per heavy atom. The number of hydrogen-bond donors (Lipinski definition) is 1. The van der Waals surface area contributed by atoms with Gasteiger partial charge in [-0.2, -0.15) is 5.26 Å². The first kappa shape index (κ1) is 18.3. The number of benzene rings is 3. The number of H-pyrrole nitrogens is 1. The molecular weight excluding hydrogens is 368 g/mol. The average molecular weight is 383 g/mol. The lowest BCUT2D eigenvalue weighted by Gasteiger charge is -2.03. The number of allylic oxidation sites excluding steroid dienone is 1. The third-order valence-electron chi connectivity index (χ3n) is 4.50. The molecular formula is C24H15F2N3. The SMILES string of the molecule is N#C/C=C(/c1ccccc1)c1nc(-c2ccc(F)cc2)c(-c2ccc(F)cc2)[nH]1. The van der Waals surface area contributed by atoms with Gasteiger partial charge < -0.3 is 4.98 Å². The quantitative estimate of drug-likeness (QED) is 0.441. The molecule has 0 saturated heterocycles. The van der Waals surface area contributed by atoms with Crippen molar-refractivity contribution in [1.29, 1.82) is 5.26 Å². The van der Waals surface area contributed by atoms with Crippen LogP contribution in [0.4, 0.5) is 8.78 Å². The number of halogens is 2. The van der Waals surface area contributed by atoms with Crippen molar-refractivity contribution in [3.63, 3.8) is 0 Å². The van der Waals surface area contributed by atoms with E-state index >= 15 is 0 Å². The fourth-order valence-corrected chi connectivity index (χ4v) is 3.11. The van der Waals surface area contributed by atoms with Gasteiger partial charge in [0.25, 0.3) is 0 Å². The Morgan fingerprint density at radius 1 is 0.828 bits per heavy atom. The smallest absolute Gasteiger partial charge is 0.139 e. The van der Waals surface area contributed by atoms with Gasteiger partial charge in [0.2, 0.25) is 0 Å². The summed E-state index contributed by atoms with van der Waals surface area (Å²) in [5, 5.41) is 9.28. The molecule has 1 N–H and O–H groups in total. The van der Waals surface area contributed by atoms with Gasteiger partial charge in [-0.25, -0.2) is 13.8 Å². The Hall–Kier alpha value is -4.04. The fraction of sp³-hybridized carbons (Fsp3) is 0. The highest BCUT2D eigenvalue weighted by atomic mass is 19.1. The van der Waals surface area contributed by atoms with E-state index in [2.05, 4.69) is 11.1 Å². The minimum atomic E-state index is -0.345. The van der Waals surface area contributed by atoms with Crippen molar-refractivity contribution in [1.82, 2.24) is 9.97 Å². The Morgan fingerprint density at radius 3 is 2.00 bits per heavy atom. The molecule has 0 spiro atoms. The monoisotopic (exact) mass is 383 g/mol. The summed E-state index contributed by atoms with van der Waals surface area (Å²) in [6.45, 7) is 0. The van der Waals surface area contributed by atoms with Crippen LogP contribution >= 0.6 is 0 Å². The minimum absolute atomic E-state index is 0.342. The van der Waals surface area contributed by atoms with Crippen molar-refractivity contribution in [2.45, 2.75) is 0 Å². The van der Waals surface area contributed by atoms with Crippen LogP contribution in [0.5, 0.6) is 0 Å². The van der Waals surface area contributed by atoms with Gasteiger partial charge in [-0.3, -0.25) is 0 Å². The van der Waals surface area contributed by atoms with E-state index in [9.17, 15) is 14.0 Å². The van der Waals surface area contributed by atoms with Crippen LogP contribution in [0.15, 0.2) is 84.9 Å². The first-order chi connectivity index (χ1) is 14.2. The maximum absolute atomic E-state index is 13.4. The van der Waals surface area contributed by atoms with Crippen molar-refractivity contribution >= 4 is 5.57 Å². The minimum Gasteiger partial charge on any atom is -0.337 e. The third-order valence-corrected chi connectivity index (χ3v) is 4.50. The van der Waals surface area contributed by atoms with Crippen molar-refractivity contribution < 1.29 is 8.78 Å². The van der Waals surface area contributed by atoms with E-state index in [0.717, 1.165) is 11.1 Å². The zero-order chi connectivity index (χ0) is 20.2. The number of aromatic nitrogens is 2. The number of nitrogens with zero attached hydrogens (tertiary/aromatic N) is 2. The lowest BCUT2D eigenvalue weighted by atomic mass is 10.1.